The van der Waals surface area contributed by atoms with E-state index in [0.29, 0.717) is 18.8 Å². The van der Waals surface area contributed by atoms with Gasteiger partial charge in [0, 0.05) is 18.8 Å². The number of rotatable bonds is 9. The summed E-state index contributed by atoms with van der Waals surface area (Å²) in [5.41, 5.74) is 0.293. The fraction of sp³-hybridized carbons (Fsp3) is 0.500. The first kappa shape index (κ1) is 20.1. The lowest BCUT2D eigenvalue weighted by atomic mass is 10.3. The van der Waals surface area contributed by atoms with Gasteiger partial charge in [-0.2, -0.15) is 0 Å². The lowest BCUT2D eigenvalue weighted by molar-refractivity contribution is -0.128. The molecule has 1 N–H and O–H groups in total. The summed E-state index contributed by atoms with van der Waals surface area (Å²) in [5, 5.41) is 2.37. The molecule has 0 atom stereocenters. The predicted molar refractivity (Wildman–Crippen MR) is 90.8 cm³/mol. The SMILES string of the molecule is CCCCN(CC)C(=O)CS(=O)(=O)CC(=O)Nc1ccc(F)cc1. The molecule has 24 heavy (non-hydrogen) atoms. The maximum absolute atomic E-state index is 12.8. The zero-order chi connectivity index (χ0) is 18.2. The fourth-order valence-electron chi connectivity index (χ4n) is 2.07. The van der Waals surface area contributed by atoms with Gasteiger partial charge in [-0.25, -0.2) is 12.8 Å². The first-order valence-corrected chi connectivity index (χ1v) is 9.63. The number of sulfone groups is 1. The van der Waals surface area contributed by atoms with Crippen molar-refractivity contribution in [1.29, 1.82) is 0 Å². The largest absolute Gasteiger partial charge is 0.342 e. The molecule has 8 heteroatoms. The van der Waals surface area contributed by atoms with E-state index >= 15 is 0 Å². The fourth-order valence-corrected chi connectivity index (χ4v) is 3.20. The first-order chi connectivity index (χ1) is 11.3. The molecule has 0 aliphatic carbocycles. The number of carbonyl (C=O) groups is 2. The average Bonchev–Trinajstić information content (AvgIpc) is 2.49. The van der Waals surface area contributed by atoms with Crippen LogP contribution in [0.15, 0.2) is 24.3 Å². The number of unbranched alkanes of at least 4 members (excludes halogenated alkanes) is 1. The average molecular weight is 358 g/mol. The van der Waals surface area contributed by atoms with Gasteiger partial charge in [-0.3, -0.25) is 9.59 Å². The third-order valence-electron chi connectivity index (χ3n) is 3.34. The van der Waals surface area contributed by atoms with Gasteiger partial charge in [0.15, 0.2) is 9.84 Å². The van der Waals surface area contributed by atoms with Crippen LogP contribution in [0.1, 0.15) is 26.7 Å². The first-order valence-electron chi connectivity index (χ1n) is 7.81. The highest BCUT2D eigenvalue weighted by Crippen LogP contribution is 2.08. The van der Waals surface area contributed by atoms with Gasteiger partial charge in [0.1, 0.15) is 17.3 Å². The molecule has 0 spiro atoms. The minimum absolute atomic E-state index is 0.293. The Morgan fingerprint density at radius 2 is 1.75 bits per heavy atom. The Bertz CT molecular complexity index is 659. The van der Waals surface area contributed by atoms with Crippen LogP contribution in [0.3, 0.4) is 0 Å². The Hall–Kier alpha value is -1.96. The maximum atomic E-state index is 12.8. The Morgan fingerprint density at radius 3 is 2.29 bits per heavy atom. The van der Waals surface area contributed by atoms with Gasteiger partial charge in [0.05, 0.1) is 0 Å². The standard InChI is InChI=1S/C16H23FN2O4S/c1-3-5-10-19(4-2)16(21)12-24(22,23)11-15(20)18-14-8-6-13(17)7-9-14/h6-9H,3-5,10-12H2,1-2H3,(H,18,20). The summed E-state index contributed by atoms with van der Waals surface area (Å²) in [6.07, 6.45) is 1.70. The molecule has 0 saturated carbocycles. The molecule has 1 aromatic rings. The summed E-state index contributed by atoms with van der Waals surface area (Å²) < 4.78 is 36.8. The Balaban J connectivity index is 2.59. The number of carbonyl (C=O) groups excluding carboxylic acids is 2. The Kier molecular flexibility index (Phi) is 7.84. The van der Waals surface area contributed by atoms with E-state index in [9.17, 15) is 22.4 Å². The van der Waals surface area contributed by atoms with Gasteiger partial charge in [-0.15, -0.1) is 0 Å². The van der Waals surface area contributed by atoms with Crippen molar-refractivity contribution in [3.63, 3.8) is 0 Å². The van der Waals surface area contributed by atoms with Crippen molar-refractivity contribution in [3.8, 4) is 0 Å². The van der Waals surface area contributed by atoms with E-state index in [2.05, 4.69) is 5.32 Å². The van der Waals surface area contributed by atoms with E-state index in [1.54, 1.807) is 6.92 Å². The monoisotopic (exact) mass is 358 g/mol. The lowest BCUT2D eigenvalue weighted by Gasteiger charge is -2.20. The van der Waals surface area contributed by atoms with E-state index in [1.165, 1.54) is 17.0 Å². The van der Waals surface area contributed by atoms with Crippen LogP contribution < -0.4 is 5.32 Å². The highest BCUT2D eigenvalue weighted by Gasteiger charge is 2.23. The summed E-state index contributed by atoms with van der Waals surface area (Å²) >= 11 is 0. The Labute approximate surface area is 142 Å². The lowest BCUT2D eigenvalue weighted by Crippen LogP contribution is -2.38. The number of hydrogen-bond donors (Lipinski definition) is 1. The molecule has 2 amide bonds. The summed E-state index contributed by atoms with van der Waals surface area (Å²) in [5.74, 6) is -3.20. The molecular formula is C16H23FN2O4S. The highest BCUT2D eigenvalue weighted by atomic mass is 32.2. The number of nitrogens with one attached hydrogen (secondary N) is 1. The minimum atomic E-state index is -3.87. The van der Waals surface area contributed by atoms with Gasteiger partial charge in [-0.05, 0) is 37.6 Å². The van der Waals surface area contributed by atoms with E-state index in [-0.39, 0.29) is 0 Å². The van der Waals surface area contributed by atoms with Gasteiger partial charge in [0.2, 0.25) is 11.8 Å². The third-order valence-corrected chi connectivity index (χ3v) is 4.73. The van der Waals surface area contributed by atoms with E-state index in [4.69, 9.17) is 0 Å². The van der Waals surface area contributed by atoms with Crippen LogP contribution in [-0.2, 0) is 19.4 Å². The van der Waals surface area contributed by atoms with Crippen molar-refractivity contribution < 1.29 is 22.4 Å². The van der Waals surface area contributed by atoms with E-state index in [1.807, 2.05) is 6.92 Å². The maximum Gasteiger partial charge on any atom is 0.239 e. The molecule has 0 bridgehead atoms. The highest BCUT2D eigenvalue weighted by molar-refractivity contribution is 7.92. The van der Waals surface area contributed by atoms with E-state index in [0.717, 1.165) is 25.0 Å². The van der Waals surface area contributed by atoms with Gasteiger partial charge >= 0.3 is 0 Å². The molecule has 0 fully saturated rings. The number of halogens is 1. The van der Waals surface area contributed by atoms with Gasteiger partial charge in [0.25, 0.3) is 0 Å². The second-order valence-corrected chi connectivity index (χ2v) is 7.48. The molecule has 0 aliphatic rings. The zero-order valence-corrected chi connectivity index (χ0v) is 14.7. The quantitative estimate of drug-likeness (QED) is 0.730. The van der Waals surface area contributed by atoms with Crippen LogP contribution in [0.5, 0.6) is 0 Å². The van der Waals surface area contributed by atoms with Crippen molar-refractivity contribution >= 4 is 27.3 Å². The summed E-state index contributed by atoms with van der Waals surface area (Å²) in [6.45, 7) is 4.69. The minimum Gasteiger partial charge on any atom is -0.342 e. The van der Waals surface area contributed by atoms with Crippen molar-refractivity contribution in [2.45, 2.75) is 26.7 Å². The molecule has 134 valence electrons. The number of anilines is 1. The molecule has 0 heterocycles. The van der Waals surface area contributed by atoms with Crippen LogP contribution in [-0.4, -0.2) is 49.7 Å². The van der Waals surface area contributed by atoms with E-state index < -0.39 is 39.0 Å². The predicted octanol–water partition coefficient (Wildman–Crippen LogP) is 1.83. The second-order valence-electron chi connectivity index (χ2n) is 5.41. The number of nitrogens with zero attached hydrogens (tertiary/aromatic N) is 1. The number of hydrogen-bond acceptors (Lipinski definition) is 4. The molecular weight excluding hydrogens is 335 g/mol. The van der Waals surface area contributed by atoms with Crippen LogP contribution in [0, 0.1) is 5.82 Å². The summed E-state index contributed by atoms with van der Waals surface area (Å²) in [4.78, 5) is 25.3. The molecule has 0 aliphatic heterocycles. The summed E-state index contributed by atoms with van der Waals surface area (Å²) in [7, 11) is -3.87. The van der Waals surface area contributed by atoms with Gasteiger partial charge < -0.3 is 10.2 Å². The van der Waals surface area contributed by atoms with Crippen molar-refractivity contribution in [1.82, 2.24) is 4.90 Å². The molecule has 1 rings (SSSR count). The second kappa shape index (κ2) is 9.36. The van der Waals surface area contributed by atoms with Crippen LogP contribution in [0.4, 0.5) is 10.1 Å². The molecule has 0 unspecified atom stereocenters. The summed E-state index contributed by atoms with van der Waals surface area (Å²) in [6, 6.07) is 4.96. The third kappa shape index (κ3) is 7.08. The van der Waals surface area contributed by atoms with Crippen molar-refractivity contribution in [3.05, 3.63) is 30.1 Å². The molecule has 0 saturated heterocycles. The van der Waals surface area contributed by atoms with Gasteiger partial charge in [-0.1, -0.05) is 13.3 Å². The van der Waals surface area contributed by atoms with Crippen molar-refractivity contribution in [2.75, 3.05) is 29.9 Å². The Morgan fingerprint density at radius 1 is 1.12 bits per heavy atom. The normalized spacial score (nSPS) is 11.1. The van der Waals surface area contributed by atoms with Crippen molar-refractivity contribution in [2.24, 2.45) is 0 Å². The molecule has 0 aromatic heterocycles. The topological polar surface area (TPSA) is 83.6 Å². The molecule has 0 radical (unpaired) electrons. The smallest absolute Gasteiger partial charge is 0.239 e. The van der Waals surface area contributed by atoms with Crippen LogP contribution in [0.25, 0.3) is 0 Å². The zero-order valence-electron chi connectivity index (χ0n) is 13.9. The molecule has 1 aromatic carbocycles. The molecule has 6 nitrogen and oxygen atoms in total. The van der Waals surface area contributed by atoms with Crippen LogP contribution in [0.2, 0.25) is 0 Å². The number of amides is 2. The number of benzene rings is 1. The van der Waals surface area contributed by atoms with Crippen LogP contribution >= 0.6 is 0 Å².